The molecule has 1 unspecified atom stereocenters. The Balaban J connectivity index is 1.68. The van der Waals surface area contributed by atoms with E-state index in [-0.39, 0.29) is 6.04 Å². The van der Waals surface area contributed by atoms with Gasteiger partial charge in [-0.3, -0.25) is 0 Å². The topological polar surface area (TPSA) is 43.4 Å². The van der Waals surface area contributed by atoms with Crippen LogP contribution in [-0.4, -0.2) is 25.2 Å². The van der Waals surface area contributed by atoms with Crippen LogP contribution in [0.4, 0.5) is 0 Å². The highest BCUT2D eigenvalue weighted by Gasteiger charge is 2.23. The van der Waals surface area contributed by atoms with Gasteiger partial charge in [0.15, 0.2) is 11.5 Å². The molecule has 1 atom stereocenters. The van der Waals surface area contributed by atoms with Gasteiger partial charge in [-0.25, -0.2) is 4.98 Å². The fourth-order valence-corrected chi connectivity index (χ4v) is 4.30. The Hall–Kier alpha value is -1.59. The van der Waals surface area contributed by atoms with Crippen molar-refractivity contribution < 1.29 is 9.47 Å². The fraction of sp³-hybridized carbons (Fsp3) is 0.438. The minimum atomic E-state index is 0.122. The smallest absolute Gasteiger partial charge is 0.161 e. The van der Waals surface area contributed by atoms with Crippen LogP contribution in [0.2, 0.25) is 0 Å². The number of ether oxygens (including phenoxy) is 2. The zero-order chi connectivity index (χ0) is 14.2. The molecule has 1 aliphatic heterocycles. The minimum absolute atomic E-state index is 0.122. The molecule has 2 aliphatic rings. The van der Waals surface area contributed by atoms with Gasteiger partial charge in [-0.15, -0.1) is 11.3 Å². The van der Waals surface area contributed by atoms with E-state index in [1.807, 2.05) is 24.5 Å². The van der Waals surface area contributed by atoms with Crippen LogP contribution in [-0.2, 0) is 12.8 Å². The summed E-state index contributed by atoms with van der Waals surface area (Å²) in [5.74, 6) is 1.67. The first-order valence-electron chi connectivity index (χ1n) is 7.40. The summed E-state index contributed by atoms with van der Waals surface area (Å²) in [5.41, 5.74) is 2.47. The Morgan fingerprint density at radius 3 is 2.86 bits per heavy atom. The number of benzene rings is 1. The van der Waals surface area contributed by atoms with Crippen molar-refractivity contribution in [1.29, 1.82) is 0 Å². The molecule has 2 heterocycles. The lowest BCUT2D eigenvalue weighted by Gasteiger charge is -2.21. The molecular weight excluding hydrogens is 284 g/mol. The van der Waals surface area contributed by atoms with Crippen LogP contribution in [0.15, 0.2) is 18.2 Å². The Labute approximate surface area is 128 Å². The maximum Gasteiger partial charge on any atom is 0.161 e. The van der Waals surface area contributed by atoms with Gasteiger partial charge in [0.25, 0.3) is 0 Å². The van der Waals surface area contributed by atoms with Crippen molar-refractivity contribution in [2.45, 2.75) is 25.3 Å². The summed E-state index contributed by atoms with van der Waals surface area (Å²) in [6.45, 7) is 1.24. The molecule has 2 aromatic rings. The Bertz CT molecular complexity index is 647. The minimum Gasteiger partial charge on any atom is -0.486 e. The van der Waals surface area contributed by atoms with E-state index < -0.39 is 0 Å². The average Bonchev–Trinajstić information content (AvgIpc) is 3.09. The van der Waals surface area contributed by atoms with Crippen molar-refractivity contribution in [3.8, 4) is 11.5 Å². The summed E-state index contributed by atoms with van der Waals surface area (Å²) in [4.78, 5) is 6.30. The normalized spacial score (nSPS) is 17.6. The van der Waals surface area contributed by atoms with E-state index in [0.717, 1.165) is 22.9 Å². The Kier molecular flexibility index (Phi) is 3.31. The molecule has 1 N–H and O–H groups in total. The summed E-state index contributed by atoms with van der Waals surface area (Å²) >= 11 is 1.84. The van der Waals surface area contributed by atoms with E-state index in [1.165, 1.54) is 29.0 Å². The first kappa shape index (κ1) is 13.1. The number of rotatable bonds is 3. The predicted molar refractivity (Wildman–Crippen MR) is 82.5 cm³/mol. The molecule has 0 radical (unpaired) electrons. The Morgan fingerprint density at radius 2 is 2.05 bits per heavy atom. The maximum absolute atomic E-state index is 5.69. The molecule has 1 aliphatic carbocycles. The van der Waals surface area contributed by atoms with Crippen LogP contribution in [0.5, 0.6) is 11.5 Å². The van der Waals surface area contributed by atoms with E-state index in [2.05, 4.69) is 17.4 Å². The van der Waals surface area contributed by atoms with Crippen LogP contribution in [0.1, 0.15) is 33.6 Å². The number of nitrogens with one attached hydrogen (secondary N) is 1. The third kappa shape index (κ3) is 2.30. The highest BCUT2D eigenvalue weighted by molar-refractivity contribution is 7.11. The molecule has 0 saturated carbocycles. The summed E-state index contributed by atoms with van der Waals surface area (Å²) in [6, 6.07) is 6.29. The van der Waals surface area contributed by atoms with Gasteiger partial charge >= 0.3 is 0 Å². The molecule has 0 spiro atoms. The lowest BCUT2D eigenvalue weighted by molar-refractivity contribution is 0.171. The second-order valence-electron chi connectivity index (χ2n) is 5.40. The molecule has 110 valence electrons. The molecule has 0 amide bonds. The highest BCUT2D eigenvalue weighted by atomic mass is 32.1. The second-order valence-corrected chi connectivity index (χ2v) is 6.52. The number of nitrogens with zero attached hydrogens (tertiary/aromatic N) is 1. The van der Waals surface area contributed by atoms with Crippen LogP contribution in [0.25, 0.3) is 0 Å². The van der Waals surface area contributed by atoms with E-state index in [1.54, 1.807) is 0 Å². The maximum atomic E-state index is 5.69. The second kappa shape index (κ2) is 5.31. The van der Waals surface area contributed by atoms with Crippen LogP contribution in [0, 0.1) is 0 Å². The number of aryl methyl sites for hydroxylation is 2. The largest absolute Gasteiger partial charge is 0.486 e. The van der Waals surface area contributed by atoms with Crippen LogP contribution >= 0.6 is 11.3 Å². The summed E-state index contributed by atoms with van der Waals surface area (Å²) in [7, 11) is 1.98. The molecular formula is C16H18N2O2S. The summed E-state index contributed by atoms with van der Waals surface area (Å²) in [5, 5.41) is 4.53. The van der Waals surface area contributed by atoms with Crippen molar-refractivity contribution in [3.05, 3.63) is 39.3 Å². The molecule has 0 fully saturated rings. The van der Waals surface area contributed by atoms with Gasteiger partial charge in [-0.05, 0) is 44.0 Å². The van der Waals surface area contributed by atoms with Crippen molar-refractivity contribution >= 4 is 11.3 Å². The zero-order valence-electron chi connectivity index (χ0n) is 12.0. The van der Waals surface area contributed by atoms with Crippen molar-refractivity contribution in [1.82, 2.24) is 10.3 Å². The van der Waals surface area contributed by atoms with Gasteiger partial charge in [-0.1, -0.05) is 6.07 Å². The fourth-order valence-electron chi connectivity index (χ4n) is 3.01. The SMILES string of the molecule is CNC(c1ccc2c(c1)OCCO2)c1nc2c(s1)CCC2. The third-order valence-electron chi connectivity index (χ3n) is 4.05. The monoisotopic (exact) mass is 302 g/mol. The van der Waals surface area contributed by atoms with Crippen LogP contribution < -0.4 is 14.8 Å². The van der Waals surface area contributed by atoms with E-state index in [4.69, 9.17) is 14.5 Å². The van der Waals surface area contributed by atoms with Gasteiger partial charge in [-0.2, -0.15) is 0 Å². The van der Waals surface area contributed by atoms with Crippen molar-refractivity contribution in [2.24, 2.45) is 0 Å². The standard InChI is InChI=1S/C16H18N2O2S/c1-17-15(16-18-11-3-2-4-14(11)21-16)10-5-6-12-13(9-10)20-8-7-19-12/h5-6,9,15,17H,2-4,7-8H2,1H3. The molecule has 4 nitrogen and oxygen atoms in total. The van der Waals surface area contributed by atoms with Gasteiger partial charge < -0.3 is 14.8 Å². The quantitative estimate of drug-likeness (QED) is 0.947. The molecule has 1 aromatic carbocycles. The van der Waals surface area contributed by atoms with Gasteiger partial charge in [0.1, 0.15) is 18.2 Å². The molecule has 4 rings (SSSR count). The summed E-state index contributed by atoms with van der Waals surface area (Å²) < 4.78 is 11.3. The third-order valence-corrected chi connectivity index (χ3v) is 5.27. The van der Waals surface area contributed by atoms with E-state index >= 15 is 0 Å². The van der Waals surface area contributed by atoms with Gasteiger partial charge in [0.2, 0.25) is 0 Å². The van der Waals surface area contributed by atoms with E-state index in [9.17, 15) is 0 Å². The first-order valence-corrected chi connectivity index (χ1v) is 8.22. The zero-order valence-corrected chi connectivity index (χ0v) is 12.8. The number of hydrogen-bond acceptors (Lipinski definition) is 5. The molecule has 1 aromatic heterocycles. The number of aromatic nitrogens is 1. The summed E-state index contributed by atoms with van der Waals surface area (Å²) in [6.07, 6.45) is 3.57. The van der Waals surface area contributed by atoms with Crippen LogP contribution in [0.3, 0.4) is 0 Å². The lowest BCUT2D eigenvalue weighted by Crippen LogP contribution is -2.19. The van der Waals surface area contributed by atoms with Gasteiger partial charge in [0, 0.05) is 4.88 Å². The average molecular weight is 302 g/mol. The van der Waals surface area contributed by atoms with E-state index in [0.29, 0.717) is 13.2 Å². The van der Waals surface area contributed by atoms with Crippen molar-refractivity contribution in [3.63, 3.8) is 0 Å². The molecule has 0 bridgehead atoms. The number of fused-ring (bicyclic) bond motifs is 2. The molecule has 21 heavy (non-hydrogen) atoms. The molecule has 5 heteroatoms. The Morgan fingerprint density at radius 1 is 1.19 bits per heavy atom. The first-order chi connectivity index (χ1) is 10.3. The lowest BCUT2D eigenvalue weighted by atomic mass is 10.1. The van der Waals surface area contributed by atoms with Gasteiger partial charge in [0.05, 0.1) is 11.7 Å². The van der Waals surface area contributed by atoms with Crippen molar-refractivity contribution in [2.75, 3.05) is 20.3 Å². The number of hydrogen-bond donors (Lipinski definition) is 1. The highest BCUT2D eigenvalue weighted by Crippen LogP contribution is 2.37. The number of thiazole rings is 1. The molecule has 0 saturated heterocycles. The predicted octanol–water partition coefficient (Wildman–Crippen LogP) is 2.71.